The van der Waals surface area contributed by atoms with Crippen molar-refractivity contribution in [3.63, 3.8) is 0 Å². The Labute approximate surface area is 89.7 Å². The summed E-state index contributed by atoms with van der Waals surface area (Å²) in [7, 11) is 0. The van der Waals surface area contributed by atoms with Gasteiger partial charge in [0, 0.05) is 8.27 Å². The lowest BCUT2D eigenvalue weighted by Crippen LogP contribution is -1.75. The van der Waals surface area contributed by atoms with Gasteiger partial charge >= 0.3 is 0 Å². The summed E-state index contributed by atoms with van der Waals surface area (Å²) >= 11 is 4.21. The van der Waals surface area contributed by atoms with Gasteiger partial charge in [-0.25, -0.2) is 0 Å². The number of aryl methyl sites for hydroxylation is 1. The molecular weight excluding hydrogens is 279 g/mol. The summed E-state index contributed by atoms with van der Waals surface area (Å²) in [5, 5.41) is 3.70. The number of rotatable bonds is 1. The van der Waals surface area contributed by atoms with Crippen LogP contribution in [0.15, 0.2) is 23.6 Å². The highest BCUT2D eigenvalue weighted by Gasteiger charge is 2.01. The zero-order chi connectivity index (χ0) is 8.55. The molecule has 62 valence electrons. The van der Waals surface area contributed by atoms with Crippen LogP contribution >= 0.6 is 33.9 Å². The molecule has 0 aliphatic carbocycles. The minimum absolute atomic E-state index is 1.14. The number of fused-ring (bicyclic) bond motifs is 1. The van der Waals surface area contributed by atoms with Crippen molar-refractivity contribution in [3.05, 3.63) is 32.7 Å². The van der Waals surface area contributed by atoms with Crippen molar-refractivity contribution in [1.82, 2.24) is 0 Å². The van der Waals surface area contributed by atoms with E-state index in [1.165, 1.54) is 19.2 Å². The molecular formula is C10H9IS. The average Bonchev–Trinajstić information content (AvgIpc) is 2.46. The predicted octanol–water partition coefficient (Wildman–Crippen LogP) is 4.07. The minimum Gasteiger partial charge on any atom is -0.144 e. The van der Waals surface area contributed by atoms with Gasteiger partial charge in [0.15, 0.2) is 0 Å². The highest BCUT2D eigenvalue weighted by atomic mass is 127. The molecule has 2 aromatic rings. The molecule has 0 saturated carbocycles. The van der Waals surface area contributed by atoms with Gasteiger partial charge in [0.25, 0.3) is 0 Å². The van der Waals surface area contributed by atoms with Crippen molar-refractivity contribution in [1.29, 1.82) is 0 Å². The van der Waals surface area contributed by atoms with Crippen molar-refractivity contribution in [2.45, 2.75) is 13.3 Å². The predicted molar refractivity (Wildman–Crippen MR) is 63.9 cm³/mol. The van der Waals surface area contributed by atoms with E-state index in [2.05, 4.69) is 53.1 Å². The first-order valence-electron chi connectivity index (χ1n) is 3.97. The first-order chi connectivity index (χ1) is 5.81. The van der Waals surface area contributed by atoms with Gasteiger partial charge in [0.2, 0.25) is 0 Å². The second kappa shape index (κ2) is 3.34. The normalized spacial score (nSPS) is 10.8. The van der Waals surface area contributed by atoms with E-state index in [-0.39, 0.29) is 0 Å². The molecule has 1 aromatic carbocycles. The molecule has 1 aromatic heterocycles. The van der Waals surface area contributed by atoms with Crippen LogP contribution < -0.4 is 0 Å². The number of benzene rings is 1. The third-order valence-electron chi connectivity index (χ3n) is 2.00. The lowest BCUT2D eigenvalue weighted by Gasteiger charge is -1.94. The SMILES string of the molecule is CCc1csc2ccc(I)cc12. The smallest absolute Gasteiger partial charge is 0.0346 e. The third-order valence-corrected chi connectivity index (χ3v) is 3.68. The molecule has 0 N–H and O–H groups in total. The number of hydrogen-bond donors (Lipinski definition) is 0. The van der Waals surface area contributed by atoms with Crippen LogP contribution in [-0.4, -0.2) is 0 Å². The van der Waals surface area contributed by atoms with E-state index in [0.717, 1.165) is 6.42 Å². The van der Waals surface area contributed by atoms with Gasteiger partial charge in [0.05, 0.1) is 0 Å². The Balaban J connectivity index is 2.75. The highest BCUT2D eigenvalue weighted by molar-refractivity contribution is 14.1. The average molecular weight is 288 g/mol. The molecule has 2 rings (SSSR count). The van der Waals surface area contributed by atoms with Crippen LogP contribution in [0.1, 0.15) is 12.5 Å². The Morgan fingerprint density at radius 3 is 3.00 bits per heavy atom. The molecule has 0 aliphatic heterocycles. The van der Waals surface area contributed by atoms with Crippen LogP contribution in [0.4, 0.5) is 0 Å². The summed E-state index contributed by atoms with van der Waals surface area (Å²) in [6.07, 6.45) is 1.14. The van der Waals surface area contributed by atoms with Crippen LogP contribution in [0.5, 0.6) is 0 Å². The molecule has 0 radical (unpaired) electrons. The Hall–Kier alpha value is -0.0900. The Morgan fingerprint density at radius 1 is 1.42 bits per heavy atom. The Morgan fingerprint density at radius 2 is 2.25 bits per heavy atom. The summed E-state index contributed by atoms with van der Waals surface area (Å²) < 4.78 is 2.74. The van der Waals surface area contributed by atoms with Crippen molar-refractivity contribution in [2.75, 3.05) is 0 Å². The fourth-order valence-corrected chi connectivity index (χ4v) is 2.85. The molecule has 0 bridgehead atoms. The van der Waals surface area contributed by atoms with Crippen LogP contribution in [0.2, 0.25) is 0 Å². The number of thiophene rings is 1. The van der Waals surface area contributed by atoms with E-state index in [1.54, 1.807) is 0 Å². The Bertz CT molecular complexity index is 403. The maximum absolute atomic E-state index is 2.36. The topological polar surface area (TPSA) is 0 Å². The molecule has 0 fully saturated rings. The monoisotopic (exact) mass is 288 g/mol. The van der Waals surface area contributed by atoms with Gasteiger partial charge in [-0.3, -0.25) is 0 Å². The van der Waals surface area contributed by atoms with Gasteiger partial charge in [-0.2, -0.15) is 0 Å². The minimum atomic E-state index is 1.14. The van der Waals surface area contributed by atoms with E-state index in [4.69, 9.17) is 0 Å². The summed E-state index contributed by atoms with van der Waals surface area (Å²) in [6, 6.07) is 6.64. The third kappa shape index (κ3) is 1.38. The maximum atomic E-state index is 2.36. The van der Waals surface area contributed by atoms with Crippen molar-refractivity contribution in [3.8, 4) is 0 Å². The van der Waals surface area contributed by atoms with Crippen LogP contribution in [0.25, 0.3) is 10.1 Å². The van der Waals surface area contributed by atoms with Gasteiger partial charge in [-0.1, -0.05) is 6.92 Å². The molecule has 12 heavy (non-hydrogen) atoms. The van der Waals surface area contributed by atoms with E-state index < -0.39 is 0 Å². The Kier molecular flexibility index (Phi) is 2.37. The molecule has 2 heteroatoms. The maximum Gasteiger partial charge on any atom is 0.0346 e. The van der Waals surface area contributed by atoms with Gasteiger partial charge < -0.3 is 0 Å². The fraction of sp³-hybridized carbons (Fsp3) is 0.200. The van der Waals surface area contributed by atoms with Crippen molar-refractivity contribution in [2.24, 2.45) is 0 Å². The summed E-state index contributed by atoms with van der Waals surface area (Å²) in [4.78, 5) is 0. The lowest BCUT2D eigenvalue weighted by atomic mass is 10.1. The van der Waals surface area contributed by atoms with Gasteiger partial charge in [-0.15, -0.1) is 11.3 Å². The van der Waals surface area contributed by atoms with Gasteiger partial charge in [0.1, 0.15) is 0 Å². The summed E-state index contributed by atoms with van der Waals surface area (Å²) in [5.41, 5.74) is 1.48. The molecule has 0 atom stereocenters. The van der Waals surface area contributed by atoms with Crippen molar-refractivity contribution >= 4 is 44.0 Å². The second-order valence-corrected chi connectivity index (χ2v) is 4.91. The molecule has 0 saturated heterocycles. The summed E-state index contributed by atoms with van der Waals surface area (Å²) in [5.74, 6) is 0. The molecule has 0 amide bonds. The summed E-state index contributed by atoms with van der Waals surface area (Å²) in [6.45, 7) is 2.21. The molecule has 0 unspecified atom stereocenters. The largest absolute Gasteiger partial charge is 0.144 e. The van der Waals surface area contributed by atoms with Crippen LogP contribution in [0, 0.1) is 3.57 Å². The van der Waals surface area contributed by atoms with E-state index in [1.807, 2.05) is 11.3 Å². The highest BCUT2D eigenvalue weighted by Crippen LogP contribution is 2.27. The number of halogens is 1. The van der Waals surface area contributed by atoms with E-state index >= 15 is 0 Å². The quantitative estimate of drug-likeness (QED) is 0.694. The standard InChI is InChI=1S/C10H9IS/c1-2-7-6-12-10-4-3-8(11)5-9(7)10/h3-6H,2H2,1H3. The first-order valence-corrected chi connectivity index (χ1v) is 5.92. The van der Waals surface area contributed by atoms with E-state index in [0.29, 0.717) is 0 Å². The molecule has 0 nitrogen and oxygen atoms in total. The molecule has 1 heterocycles. The zero-order valence-corrected chi connectivity index (χ0v) is 9.78. The fourth-order valence-electron chi connectivity index (χ4n) is 1.33. The molecule has 0 spiro atoms. The lowest BCUT2D eigenvalue weighted by molar-refractivity contribution is 1.17. The zero-order valence-electron chi connectivity index (χ0n) is 6.80. The van der Waals surface area contributed by atoms with Gasteiger partial charge in [-0.05, 0) is 63.5 Å². The second-order valence-electron chi connectivity index (χ2n) is 2.75. The molecule has 0 aliphatic rings. The van der Waals surface area contributed by atoms with Crippen molar-refractivity contribution < 1.29 is 0 Å². The van der Waals surface area contributed by atoms with Crippen LogP contribution in [0.3, 0.4) is 0 Å². The number of hydrogen-bond acceptors (Lipinski definition) is 1. The first kappa shape index (κ1) is 8.51. The van der Waals surface area contributed by atoms with Crippen LogP contribution in [-0.2, 0) is 6.42 Å². The van der Waals surface area contributed by atoms with E-state index in [9.17, 15) is 0 Å².